The van der Waals surface area contributed by atoms with Gasteiger partial charge in [-0.2, -0.15) is 0 Å². The van der Waals surface area contributed by atoms with Crippen LogP contribution in [0.15, 0.2) is 59.6 Å². The predicted octanol–water partition coefficient (Wildman–Crippen LogP) is 3.83. The first-order valence-electron chi connectivity index (χ1n) is 10.0. The van der Waals surface area contributed by atoms with Crippen molar-refractivity contribution >= 4 is 5.96 Å². The third kappa shape index (κ3) is 8.01. The van der Waals surface area contributed by atoms with Gasteiger partial charge in [0.15, 0.2) is 5.96 Å². The Morgan fingerprint density at radius 3 is 2.43 bits per heavy atom. The lowest BCUT2D eigenvalue weighted by atomic mass is 10.1. The SMILES string of the molecule is CCNC(=NCc1ccc(OCCCN(C)C)cc1)NC(C)c1ccccc1. The highest BCUT2D eigenvalue weighted by molar-refractivity contribution is 5.80. The van der Waals surface area contributed by atoms with E-state index < -0.39 is 0 Å². The van der Waals surface area contributed by atoms with E-state index in [9.17, 15) is 0 Å². The summed E-state index contributed by atoms with van der Waals surface area (Å²) < 4.78 is 5.79. The van der Waals surface area contributed by atoms with Crippen molar-refractivity contribution in [3.05, 3.63) is 65.7 Å². The summed E-state index contributed by atoms with van der Waals surface area (Å²) in [5.74, 6) is 1.73. The van der Waals surface area contributed by atoms with Crippen LogP contribution in [0.1, 0.15) is 37.4 Å². The third-order valence-corrected chi connectivity index (χ3v) is 4.36. The van der Waals surface area contributed by atoms with Crippen LogP contribution in [0.3, 0.4) is 0 Å². The Balaban J connectivity index is 1.87. The Labute approximate surface area is 169 Å². The molecule has 0 amide bonds. The van der Waals surface area contributed by atoms with Gasteiger partial charge in [-0.25, -0.2) is 4.99 Å². The lowest BCUT2D eigenvalue weighted by molar-refractivity contribution is 0.281. The number of nitrogens with zero attached hydrogens (tertiary/aromatic N) is 2. The zero-order chi connectivity index (χ0) is 20.2. The van der Waals surface area contributed by atoms with E-state index in [1.807, 2.05) is 18.2 Å². The van der Waals surface area contributed by atoms with Crippen molar-refractivity contribution < 1.29 is 4.74 Å². The van der Waals surface area contributed by atoms with E-state index >= 15 is 0 Å². The fourth-order valence-electron chi connectivity index (χ4n) is 2.78. The molecule has 0 fully saturated rings. The summed E-state index contributed by atoms with van der Waals surface area (Å²) in [6.45, 7) is 7.44. The maximum absolute atomic E-state index is 5.79. The van der Waals surface area contributed by atoms with Crippen LogP contribution in [0.5, 0.6) is 5.75 Å². The fraction of sp³-hybridized carbons (Fsp3) is 0.435. The summed E-state index contributed by atoms with van der Waals surface area (Å²) >= 11 is 0. The minimum absolute atomic E-state index is 0.192. The monoisotopic (exact) mass is 382 g/mol. The minimum Gasteiger partial charge on any atom is -0.494 e. The summed E-state index contributed by atoms with van der Waals surface area (Å²) in [4.78, 5) is 6.89. The lowest BCUT2D eigenvalue weighted by Crippen LogP contribution is -2.38. The van der Waals surface area contributed by atoms with Crippen LogP contribution in [0, 0.1) is 0 Å². The van der Waals surface area contributed by atoms with Crippen molar-refractivity contribution in [2.75, 3.05) is 33.8 Å². The van der Waals surface area contributed by atoms with Crippen molar-refractivity contribution in [3.63, 3.8) is 0 Å². The van der Waals surface area contributed by atoms with E-state index in [-0.39, 0.29) is 6.04 Å². The summed E-state index contributed by atoms with van der Waals surface area (Å²) in [5, 5.41) is 6.79. The Morgan fingerprint density at radius 2 is 1.79 bits per heavy atom. The number of guanidine groups is 1. The van der Waals surface area contributed by atoms with Crippen molar-refractivity contribution in [1.29, 1.82) is 0 Å². The van der Waals surface area contributed by atoms with Gasteiger partial charge in [-0.15, -0.1) is 0 Å². The quantitative estimate of drug-likeness (QED) is 0.372. The molecule has 0 saturated carbocycles. The van der Waals surface area contributed by atoms with Gasteiger partial charge in [0.2, 0.25) is 0 Å². The van der Waals surface area contributed by atoms with Crippen molar-refractivity contribution in [2.24, 2.45) is 4.99 Å². The first-order chi connectivity index (χ1) is 13.6. The molecule has 5 nitrogen and oxygen atoms in total. The molecule has 1 unspecified atom stereocenters. The summed E-state index contributed by atoms with van der Waals surface area (Å²) in [5.41, 5.74) is 2.40. The van der Waals surface area contributed by atoms with Gasteiger partial charge in [0, 0.05) is 13.1 Å². The summed E-state index contributed by atoms with van der Waals surface area (Å²) in [7, 11) is 4.15. The third-order valence-electron chi connectivity index (χ3n) is 4.36. The Hall–Kier alpha value is -2.53. The second-order valence-electron chi connectivity index (χ2n) is 7.12. The van der Waals surface area contributed by atoms with Gasteiger partial charge in [-0.05, 0) is 57.6 Å². The van der Waals surface area contributed by atoms with Crippen LogP contribution in [0.25, 0.3) is 0 Å². The largest absolute Gasteiger partial charge is 0.494 e. The first-order valence-corrected chi connectivity index (χ1v) is 10.0. The topological polar surface area (TPSA) is 48.9 Å². The molecule has 5 heteroatoms. The molecule has 1 atom stereocenters. The van der Waals surface area contributed by atoms with Crippen LogP contribution in [0.4, 0.5) is 0 Å². The van der Waals surface area contributed by atoms with Gasteiger partial charge >= 0.3 is 0 Å². The average Bonchev–Trinajstić information content (AvgIpc) is 2.71. The molecule has 0 bridgehead atoms. The number of rotatable bonds is 10. The molecular formula is C23H34N4O. The van der Waals surface area contributed by atoms with E-state index in [1.165, 1.54) is 5.56 Å². The number of aliphatic imine (C=N–C) groups is 1. The second-order valence-corrected chi connectivity index (χ2v) is 7.12. The molecule has 0 spiro atoms. The maximum atomic E-state index is 5.79. The first kappa shape index (κ1) is 21.8. The van der Waals surface area contributed by atoms with Crippen LogP contribution >= 0.6 is 0 Å². The molecule has 0 saturated heterocycles. The predicted molar refractivity (Wildman–Crippen MR) is 118 cm³/mol. The molecule has 0 aliphatic heterocycles. The van der Waals surface area contributed by atoms with E-state index in [0.717, 1.165) is 43.4 Å². The van der Waals surface area contributed by atoms with Gasteiger partial charge in [-0.1, -0.05) is 42.5 Å². The molecule has 0 aliphatic carbocycles. The highest BCUT2D eigenvalue weighted by Crippen LogP contribution is 2.14. The van der Waals surface area contributed by atoms with E-state index in [0.29, 0.717) is 6.54 Å². The molecule has 2 aromatic carbocycles. The number of benzene rings is 2. The molecule has 0 aromatic heterocycles. The average molecular weight is 383 g/mol. The number of ether oxygens (including phenoxy) is 1. The number of hydrogen-bond acceptors (Lipinski definition) is 3. The highest BCUT2D eigenvalue weighted by Gasteiger charge is 2.07. The van der Waals surface area contributed by atoms with Gasteiger partial charge in [0.25, 0.3) is 0 Å². The zero-order valence-electron chi connectivity index (χ0n) is 17.6. The molecule has 152 valence electrons. The number of nitrogens with one attached hydrogen (secondary N) is 2. The van der Waals surface area contributed by atoms with E-state index in [1.54, 1.807) is 0 Å². The van der Waals surface area contributed by atoms with Crippen LogP contribution in [-0.4, -0.2) is 44.7 Å². The summed E-state index contributed by atoms with van der Waals surface area (Å²) in [6.07, 6.45) is 1.02. The van der Waals surface area contributed by atoms with Gasteiger partial charge in [0.1, 0.15) is 5.75 Å². The van der Waals surface area contributed by atoms with Gasteiger partial charge in [0.05, 0.1) is 19.2 Å². The molecule has 2 aromatic rings. The summed E-state index contributed by atoms with van der Waals surface area (Å²) in [6, 6.07) is 18.8. The molecule has 28 heavy (non-hydrogen) atoms. The normalized spacial score (nSPS) is 12.7. The van der Waals surface area contributed by atoms with Gasteiger partial charge < -0.3 is 20.3 Å². The maximum Gasteiger partial charge on any atom is 0.192 e. The smallest absolute Gasteiger partial charge is 0.192 e. The zero-order valence-corrected chi connectivity index (χ0v) is 17.6. The molecule has 2 N–H and O–H groups in total. The van der Waals surface area contributed by atoms with Crippen molar-refractivity contribution in [2.45, 2.75) is 32.9 Å². The van der Waals surface area contributed by atoms with Crippen molar-refractivity contribution in [1.82, 2.24) is 15.5 Å². The molecule has 2 rings (SSSR count). The van der Waals surface area contributed by atoms with Crippen LogP contribution in [-0.2, 0) is 6.54 Å². The van der Waals surface area contributed by atoms with E-state index in [4.69, 9.17) is 9.73 Å². The van der Waals surface area contributed by atoms with Crippen molar-refractivity contribution in [3.8, 4) is 5.75 Å². The number of hydrogen-bond donors (Lipinski definition) is 2. The van der Waals surface area contributed by atoms with Gasteiger partial charge in [-0.3, -0.25) is 0 Å². The highest BCUT2D eigenvalue weighted by atomic mass is 16.5. The second kappa shape index (κ2) is 12.0. The molecule has 0 radical (unpaired) electrons. The fourth-order valence-corrected chi connectivity index (χ4v) is 2.78. The molecular weight excluding hydrogens is 348 g/mol. The van der Waals surface area contributed by atoms with Crippen LogP contribution < -0.4 is 15.4 Å². The van der Waals surface area contributed by atoms with Crippen LogP contribution in [0.2, 0.25) is 0 Å². The Kier molecular flexibility index (Phi) is 9.35. The molecule has 0 aliphatic rings. The van der Waals surface area contributed by atoms with E-state index in [2.05, 4.69) is 79.9 Å². The standard InChI is InChI=1S/C23H34N4O/c1-5-24-23(26-19(2)21-10-7-6-8-11-21)25-18-20-12-14-22(15-13-20)28-17-9-16-27(3)4/h6-8,10-15,19H,5,9,16-18H2,1-4H3,(H2,24,25,26). The molecule has 0 heterocycles. The minimum atomic E-state index is 0.192. The Morgan fingerprint density at radius 1 is 1.07 bits per heavy atom. The lowest BCUT2D eigenvalue weighted by Gasteiger charge is -2.18. The Bertz CT molecular complexity index is 698.